The van der Waals surface area contributed by atoms with E-state index in [0.29, 0.717) is 6.42 Å². The zero-order valence-electron chi connectivity index (χ0n) is 8.01. The number of hydrogen-bond acceptors (Lipinski definition) is 1. The molecule has 0 aliphatic heterocycles. The molecule has 1 N–H and O–H groups in total. The molecule has 0 heterocycles. The Hall–Kier alpha value is 0.00247. The molecule has 0 spiro atoms. The van der Waals surface area contributed by atoms with Crippen LogP contribution in [0.25, 0.3) is 0 Å². The summed E-state index contributed by atoms with van der Waals surface area (Å²) in [5.74, 6) is -0.711. The van der Waals surface area contributed by atoms with E-state index in [9.17, 15) is 4.79 Å². The maximum Gasteiger partial charge on any atom is 0.303 e. The Balaban J connectivity index is 0. The van der Waals surface area contributed by atoms with Crippen LogP contribution in [0.5, 0.6) is 0 Å². The predicted octanol–water partition coefficient (Wildman–Crippen LogP) is 2.03. The molecule has 0 aromatic heterocycles. The van der Waals surface area contributed by atoms with E-state index < -0.39 is 5.97 Å². The smallest absolute Gasteiger partial charge is 0.303 e. The van der Waals surface area contributed by atoms with Gasteiger partial charge in [0.05, 0.1) is 0 Å². The summed E-state index contributed by atoms with van der Waals surface area (Å²) in [6.45, 7) is 1.84. The van der Waals surface area contributed by atoms with Crippen LogP contribution >= 0.6 is 0 Å². The van der Waals surface area contributed by atoms with Gasteiger partial charge in [-0.2, -0.15) is 0 Å². The topological polar surface area (TPSA) is 37.3 Å². The van der Waals surface area contributed by atoms with Crippen LogP contribution < -0.4 is 0 Å². The fourth-order valence-electron chi connectivity index (χ4n) is 1.27. The standard InChI is InChI=1S/C6H12.C4H8O2.Al.3H/c1-2-4-6-5-3-1;1-2-3-4(5)6;;;;/h1-6H2;2-3H2,1H3,(H,5,6);;;;. The van der Waals surface area contributed by atoms with E-state index in [1.165, 1.54) is 38.5 Å². The van der Waals surface area contributed by atoms with Crippen molar-refractivity contribution in [3.05, 3.63) is 0 Å². The van der Waals surface area contributed by atoms with Gasteiger partial charge in [-0.3, -0.25) is 4.79 Å². The lowest BCUT2D eigenvalue weighted by molar-refractivity contribution is -0.137. The van der Waals surface area contributed by atoms with Crippen LogP contribution in [0.2, 0.25) is 0 Å². The minimum absolute atomic E-state index is 0. The molecule has 1 aliphatic rings. The number of carboxylic acid groups (broad SMARTS) is 1. The third-order valence-electron chi connectivity index (χ3n) is 1.96. The van der Waals surface area contributed by atoms with Crippen molar-refractivity contribution in [2.45, 2.75) is 58.3 Å². The lowest BCUT2D eigenvalue weighted by Gasteiger charge is -2.05. The summed E-state index contributed by atoms with van der Waals surface area (Å²) in [5, 5.41) is 7.91. The molecular formula is C10H23AlO2. The van der Waals surface area contributed by atoms with Crippen LogP contribution in [-0.4, -0.2) is 28.4 Å². The molecule has 78 valence electrons. The molecule has 1 aliphatic carbocycles. The Morgan fingerprint density at radius 3 is 1.46 bits per heavy atom. The highest BCUT2D eigenvalue weighted by atomic mass is 27.0. The zero-order chi connectivity index (χ0) is 9.23. The second-order valence-corrected chi connectivity index (χ2v) is 3.27. The van der Waals surface area contributed by atoms with E-state index in [1.807, 2.05) is 6.92 Å². The third kappa shape index (κ3) is 14.8. The molecule has 0 amide bonds. The summed E-state index contributed by atoms with van der Waals surface area (Å²) in [6.07, 6.45) is 10.0. The van der Waals surface area contributed by atoms with E-state index in [1.54, 1.807) is 0 Å². The summed E-state index contributed by atoms with van der Waals surface area (Å²) in [5.41, 5.74) is 0. The highest BCUT2D eigenvalue weighted by molar-refractivity contribution is 5.75. The molecule has 0 aromatic rings. The first kappa shape index (κ1) is 15.5. The summed E-state index contributed by atoms with van der Waals surface area (Å²) in [4.78, 5) is 9.60. The van der Waals surface area contributed by atoms with Crippen molar-refractivity contribution in [3.8, 4) is 0 Å². The van der Waals surface area contributed by atoms with E-state index in [0.717, 1.165) is 6.42 Å². The van der Waals surface area contributed by atoms with Gasteiger partial charge < -0.3 is 5.11 Å². The van der Waals surface area contributed by atoms with E-state index in [4.69, 9.17) is 5.11 Å². The molecule has 13 heavy (non-hydrogen) atoms. The Kier molecular flexibility index (Phi) is 14.3. The van der Waals surface area contributed by atoms with Gasteiger partial charge in [0.1, 0.15) is 0 Å². The fraction of sp³-hybridized carbons (Fsp3) is 0.900. The number of rotatable bonds is 2. The molecule has 0 atom stereocenters. The minimum Gasteiger partial charge on any atom is -0.481 e. The SMILES string of the molecule is C1CCCCC1.CCCC(=O)O.[AlH3]. The second kappa shape index (κ2) is 12.0. The van der Waals surface area contributed by atoms with Crippen molar-refractivity contribution in [1.82, 2.24) is 0 Å². The normalized spacial score (nSPS) is 14.8. The molecule has 0 radical (unpaired) electrons. The van der Waals surface area contributed by atoms with Crippen LogP contribution in [0.15, 0.2) is 0 Å². The van der Waals surface area contributed by atoms with E-state index in [2.05, 4.69) is 0 Å². The molecule has 0 unspecified atom stereocenters. The maximum absolute atomic E-state index is 9.60. The second-order valence-electron chi connectivity index (χ2n) is 3.27. The van der Waals surface area contributed by atoms with Crippen LogP contribution in [-0.2, 0) is 4.79 Å². The first-order valence-corrected chi connectivity index (χ1v) is 4.99. The van der Waals surface area contributed by atoms with Gasteiger partial charge in [-0.05, 0) is 6.42 Å². The highest BCUT2D eigenvalue weighted by Gasteiger charge is 1.95. The summed E-state index contributed by atoms with van der Waals surface area (Å²) in [6, 6.07) is 0. The number of carboxylic acids is 1. The number of aliphatic carboxylic acids is 1. The Labute approximate surface area is 91.9 Å². The monoisotopic (exact) mass is 202 g/mol. The van der Waals surface area contributed by atoms with Gasteiger partial charge in [-0.25, -0.2) is 0 Å². The van der Waals surface area contributed by atoms with Gasteiger partial charge in [0.25, 0.3) is 0 Å². The molecule has 0 aromatic carbocycles. The molecule has 2 nitrogen and oxygen atoms in total. The lowest BCUT2D eigenvalue weighted by atomic mass is 10.0. The van der Waals surface area contributed by atoms with Crippen LogP contribution in [0.1, 0.15) is 58.3 Å². The summed E-state index contributed by atoms with van der Waals surface area (Å²) < 4.78 is 0. The maximum atomic E-state index is 9.60. The molecule has 1 fully saturated rings. The fourth-order valence-corrected chi connectivity index (χ4v) is 1.27. The van der Waals surface area contributed by atoms with Crippen molar-refractivity contribution in [2.24, 2.45) is 0 Å². The van der Waals surface area contributed by atoms with Gasteiger partial charge >= 0.3 is 5.97 Å². The van der Waals surface area contributed by atoms with Crippen molar-refractivity contribution in [3.63, 3.8) is 0 Å². The van der Waals surface area contributed by atoms with Crippen molar-refractivity contribution in [2.75, 3.05) is 0 Å². The highest BCUT2D eigenvalue weighted by Crippen LogP contribution is 2.15. The van der Waals surface area contributed by atoms with E-state index in [-0.39, 0.29) is 17.4 Å². The average Bonchev–Trinajstić information content (AvgIpc) is 2.08. The van der Waals surface area contributed by atoms with Crippen LogP contribution in [0, 0.1) is 0 Å². The Bertz CT molecular complexity index is 100.0. The van der Waals surface area contributed by atoms with Crippen LogP contribution in [0.4, 0.5) is 0 Å². The largest absolute Gasteiger partial charge is 0.481 e. The van der Waals surface area contributed by atoms with Crippen LogP contribution in [0.3, 0.4) is 0 Å². The predicted molar refractivity (Wildman–Crippen MR) is 60.2 cm³/mol. The molecule has 1 saturated carbocycles. The Morgan fingerprint density at radius 2 is 1.38 bits per heavy atom. The minimum atomic E-state index is -0.711. The first-order chi connectivity index (χ1) is 5.77. The van der Waals surface area contributed by atoms with Gasteiger partial charge in [-0.15, -0.1) is 0 Å². The summed E-state index contributed by atoms with van der Waals surface area (Å²) >= 11 is 0. The summed E-state index contributed by atoms with van der Waals surface area (Å²) in [7, 11) is 0. The Morgan fingerprint density at radius 1 is 1.08 bits per heavy atom. The third-order valence-corrected chi connectivity index (χ3v) is 1.96. The van der Waals surface area contributed by atoms with Crippen molar-refractivity contribution in [1.29, 1.82) is 0 Å². The molecule has 0 bridgehead atoms. The number of carbonyl (C=O) groups is 1. The molecule has 0 saturated heterocycles. The molecular weight excluding hydrogens is 179 g/mol. The van der Waals surface area contributed by atoms with E-state index >= 15 is 0 Å². The molecule has 3 heteroatoms. The van der Waals surface area contributed by atoms with Crippen molar-refractivity contribution >= 4 is 23.3 Å². The lowest BCUT2D eigenvalue weighted by Crippen LogP contribution is -1.90. The van der Waals surface area contributed by atoms with Gasteiger partial charge in [0, 0.05) is 6.42 Å². The zero-order valence-corrected chi connectivity index (χ0v) is 8.01. The molecule has 1 rings (SSSR count). The van der Waals surface area contributed by atoms with Gasteiger partial charge in [0.15, 0.2) is 17.4 Å². The quantitative estimate of drug-likeness (QED) is 0.696. The van der Waals surface area contributed by atoms with Gasteiger partial charge in [0.2, 0.25) is 0 Å². The first-order valence-electron chi connectivity index (χ1n) is 4.99. The van der Waals surface area contributed by atoms with Gasteiger partial charge in [-0.1, -0.05) is 45.4 Å². The average molecular weight is 202 g/mol. The number of hydrogen-bond donors (Lipinski definition) is 1. The van der Waals surface area contributed by atoms with Crippen molar-refractivity contribution < 1.29 is 9.90 Å².